The molecular formula is C12H24N4O. The van der Waals surface area contributed by atoms with Gasteiger partial charge in [-0.1, -0.05) is 13.8 Å². The third-order valence-corrected chi connectivity index (χ3v) is 2.42. The van der Waals surface area contributed by atoms with Crippen LogP contribution in [0.5, 0.6) is 0 Å². The molecule has 1 rings (SSSR count). The summed E-state index contributed by atoms with van der Waals surface area (Å²) < 4.78 is 5.47. The summed E-state index contributed by atoms with van der Waals surface area (Å²) in [6.07, 6.45) is 1.64. The van der Waals surface area contributed by atoms with Gasteiger partial charge in [0.2, 0.25) is 0 Å². The van der Waals surface area contributed by atoms with Crippen molar-refractivity contribution in [3.05, 3.63) is 12.0 Å². The average Bonchev–Trinajstić information content (AvgIpc) is 2.71. The highest BCUT2D eigenvalue weighted by atomic mass is 16.4. The molecule has 0 atom stereocenters. The molecule has 98 valence electrons. The molecule has 0 unspecified atom stereocenters. The van der Waals surface area contributed by atoms with E-state index in [-0.39, 0.29) is 0 Å². The SMILES string of the molecule is CC(C)CN(CCN(C)C)c1nc(CN)co1. The van der Waals surface area contributed by atoms with E-state index >= 15 is 0 Å². The van der Waals surface area contributed by atoms with Crippen LogP contribution >= 0.6 is 0 Å². The summed E-state index contributed by atoms with van der Waals surface area (Å²) in [5.41, 5.74) is 6.34. The van der Waals surface area contributed by atoms with Crippen molar-refractivity contribution in [2.45, 2.75) is 20.4 Å². The molecule has 1 heterocycles. The van der Waals surface area contributed by atoms with Crippen LogP contribution < -0.4 is 10.6 Å². The normalized spacial score (nSPS) is 11.5. The lowest BCUT2D eigenvalue weighted by molar-refractivity contribution is 0.399. The van der Waals surface area contributed by atoms with E-state index in [4.69, 9.17) is 10.2 Å². The topological polar surface area (TPSA) is 58.5 Å². The van der Waals surface area contributed by atoms with Gasteiger partial charge in [0.15, 0.2) is 0 Å². The highest BCUT2D eigenvalue weighted by Gasteiger charge is 2.14. The predicted octanol–water partition coefficient (Wildman–Crippen LogP) is 1.16. The summed E-state index contributed by atoms with van der Waals surface area (Å²) in [5, 5.41) is 0. The van der Waals surface area contributed by atoms with Gasteiger partial charge in [-0.3, -0.25) is 0 Å². The zero-order valence-corrected chi connectivity index (χ0v) is 11.3. The fraction of sp³-hybridized carbons (Fsp3) is 0.750. The molecule has 0 aliphatic heterocycles. The van der Waals surface area contributed by atoms with Crippen LogP contribution in [0.1, 0.15) is 19.5 Å². The van der Waals surface area contributed by atoms with Crippen molar-refractivity contribution in [2.24, 2.45) is 11.7 Å². The maximum absolute atomic E-state index is 5.54. The molecule has 0 fully saturated rings. The van der Waals surface area contributed by atoms with Crippen molar-refractivity contribution in [2.75, 3.05) is 38.6 Å². The minimum atomic E-state index is 0.423. The van der Waals surface area contributed by atoms with E-state index in [0.717, 1.165) is 25.3 Å². The molecule has 1 aromatic rings. The Labute approximate surface area is 104 Å². The zero-order chi connectivity index (χ0) is 12.8. The quantitative estimate of drug-likeness (QED) is 0.775. The van der Waals surface area contributed by atoms with Gasteiger partial charge in [0.25, 0.3) is 6.01 Å². The Morgan fingerprint density at radius 2 is 2.06 bits per heavy atom. The Morgan fingerprint density at radius 1 is 1.35 bits per heavy atom. The summed E-state index contributed by atoms with van der Waals surface area (Å²) in [6.45, 7) is 7.64. The molecule has 0 amide bonds. The van der Waals surface area contributed by atoms with Gasteiger partial charge in [0, 0.05) is 26.2 Å². The number of rotatable bonds is 7. The maximum atomic E-state index is 5.54. The first-order chi connectivity index (χ1) is 8.02. The first-order valence-corrected chi connectivity index (χ1v) is 6.07. The lowest BCUT2D eigenvalue weighted by Gasteiger charge is -2.24. The molecule has 0 radical (unpaired) electrons. The van der Waals surface area contributed by atoms with E-state index in [9.17, 15) is 0 Å². The van der Waals surface area contributed by atoms with Gasteiger partial charge in [-0.2, -0.15) is 4.98 Å². The number of oxazole rings is 1. The number of likely N-dealkylation sites (N-methyl/N-ethyl adjacent to an activating group) is 1. The van der Waals surface area contributed by atoms with E-state index in [1.807, 2.05) is 0 Å². The number of aromatic nitrogens is 1. The van der Waals surface area contributed by atoms with Gasteiger partial charge in [0.1, 0.15) is 6.26 Å². The monoisotopic (exact) mass is 240 g/mol. The first-order valence-electron chi connectivity index (χ1n) is 6.07. The second kappa shape index (κ2) is 6.61. The molecule has 17 heavy (non-hydrogen) atoms. The third kappa shape index (κ3) is 4.75. The molecular weight excluding hydrogens is 216 g/mol. The predicted molar refractivity (Wildman–Crippen MR) is 70.0 cm³/mol. The smallest absolute Gasteiger partial charge is 0.297 e. The number of hydrogen-bond acceptors (Lipinski definition) is 5. The van der Waals surface area contributed by atoms with E-state index < -0.39 is 0 Å². The zero-order valence-electron chi connectivity index (χ0n) is 11.3. The van der Waals surface area contributed by atoms with Crippen molar-refractivity contribution in [3.63, 3.8) is 0 Å². The molecule has 0 spiro atoms. The fourth-order valence-electron chi connectivity index (χ4n) is 1.56. The Morgan fingerprint density at radius 3 is 2.53 bits per heavy atom. The highest BCUT2D eigenvalue weighted by molar-refractivity contribution is 5.27. The van der Waals surface area contributed by atoms with Crippen LogP contribution in [0.2, 0.25) is 0 Å². The maximum Gasteiger partial charge on any atom is 0.297 e. The van der Waals surface area contributed by atoms with Crippen molar-refractivity contribution in [1.82, 2.24) is 9.88 Å². The molecule has 0 aromatic carbocycles. The van der Waals surface area contributed by atoms with Gasteiger partial charge in [0.05, 0.1) is 5.69 Å². The second-order valence-corrected chi connectivity index (χ2v) is 4.97. The lowest BCUT2D eigenvalue weighted by Crippen LogP contribution is -2.34. The molecule has 5 nitrogen and oxygen atoms in total. The van der Waals surface area contributed by atoms with Crippen molar-refractivity contribution >= 4 is 6.01 Å². The Balaban J connectivity index is 2.67. The van der Waals surface area contributed by atoms with Crippen LogP contribution in [0.15, 0.2) is 10.7 Å². The number of nitrogens with zero attached hydrogens (tertiary/aromatic N) is 3. The van der Waals surface area contributed by atoms with Gasteiger partial charge in [-0.25, -0.2) is 0 Å². The van der Waals surface area contributed by atoms with Gasteiger partial charge in [-0.15, -0.1) is 0 Å². The summed E-state index contributed by atoms with van der Waals surface area (Å²) in [7, 11) is 4.13. The Hall–Kier alpha value is -1.07. The highest BCUT2D eigenvalue weighted by Crippen LogP contribution is 2.15. The summed E-state index contributed by atoms with van der Waals surface area (Å²) in [5.74, 6) is 0.574. The number of anilines is 1. The van der Waals surface area contributed by atoms with Gasteiger partial charge in [-0.05, 0) is 20.0 Å². The number of hydrogen-bond donors (Lipinski definition) is 1. The molecule has 0 saturated carbocycles. The summed E-state index contributed by atoms with van der Waals surface area (Å²) in [6, 6.07) is 0.681. The van der Waals surface area contributed by atoms with Gasteiger partial charge >= 0.3 is 0 Å². The summed E-state index contributed by atoms with van der Waals surface area (Å²) in [4.78, 5) is 8.70. The standard InChI is InChI=1S/C12H24N4O/c1-10(2)8-16(6-5-15(3)4)12-14-11(7-13)9-17-12/h9-10H,5-8,13H2,1-4H3. The first kappa shape index (κ1) is 14.0. The molecule has 0 aliphatic rings. The largest absolute Gasteiger partial charge is 0.432 e. The Bertz CT molecular complexity index is 322. The second-order valence-electron chi connectivity index (χ2n) is 4.97. The third-order valence-electron chi connectivity index (χ3n) is 2.42. The van der Waals surface area contributed by atoms with Crippen LogP contribution in [0.3, 0.4) is 0 Å². The van der Waals surface area contributed by atoms with E-state index in [1.54, 1.807) is 6.26 Å². The molecule has 2 N–H and O–H groups in total. The van der Waals surface area contributed by atoms with Crippen LogP contribution in [-0.2, 0) is 6.54 Å². The molecule has 1 aromatic heterocycles. The minimum Gasteiger partial charge on any atom is -0.432 e. The summed E-state index contributed by atoms with van der Waals surface area (Å²) >= 11 is 0. The van der Waals surface area contributed by atoms with Crippen LogP contribution in [0.4, 0.5) is 6.01 Å². The van der Waals surface area contributed by atoms with E-state index in [2.05, 4.69) is 42.7 Å². The fourth-order valence-corrected chi connectivity index (χ4v) is 1.56. The van der Waals surface area contributed by atoms with Crippen molar-refractivity contribution in [1.29, 1.82) is 0 Å². The molecule has 5 heteroatoms. The van der Waals surface area contributed by atoms with Crippen LogP contribution in [0, 0.1) is 5.92 Å². The van der Waals surface area contributed by atoms with Crippen molar-refractivity contribution < 1.29 is 4.42 Å². The van der Waals surface area contributed by atoms with E-state index in [0.29, 0.717) is 18.5 Å². The molecule has 0 aliphatic carbocycles. The lowest BCUT2D eigenvalue weighted by atomic mass is 10.2. The minimum absolute atomic E-state index is 0.423. The number of nitrogens with two attached hydrogens (primary N) is 1. The Kier molecular flexibility index (Phi) is 5.44. The van der Waals surface area contributed by atoms with E-state index in [1.165, 1.54) is 0 Å². The van der Waals surface area contributed by atoms with Crippen LogP contribution in [0.25, 0.3) is 0 Å². The molecule has 0 saturated heterocycles. The van der Waals surface area contributed by atoms with Gasteiger partial charge < -0.3 is 20.0 Å². The van der Waals surface area contributed by atoms with Crippen molar-refractivity contribution in [3.8, 4) is 0 Å². The molecule has 0 bridgehead atoms. The van der Waals surface area contributed by atoms with Crippen LogP contribution in [-0.4, -0.2) is 43.6 Å². The average molecular weight is 240 g/mol.